The van der Waals surface area contributed by atoms with Gasteiger partial charge in [-0.25, -0.2) is 4.79 Å². The lowest BCUT2D eigenvalue weighted by molar-refractivity contribution is -0.146. The summed E-state index contributed by atoms with van der Waals surface area (Å²) in [6.45, 7) is 7.70. The summed E-state index contributed by atoms with van der Waals surface area (Å²) in [5.74, 6) is 0.309. The zero-order valence-electron chi connectivity index (χ0n) is 14.0. The van der Waals surface area contributed by atoms with Crippen molar-refractivity contribution in [1.29, 1.82) is 0 Å². The third kappa shape index (κ3) is 5.54. The molecule has 0 radical (unpaired) electrons. The topological polar surface area (TPSA) is 90.4 Å². The molecule has 0 amide bonds. The number of hydrogen-bond donors (Lipinski definition) is 1. The molecule has 0 spiro atoms. The average Bonchev–Trinajstić information content (AvgIpc) is 3.00. The van der Waals surface area contributed by atoms with Crippen LogP contribution in [0, 0.1) is 6.92 Å². The molecule has 0 aromatic carbocycles. The maximum Gasteiger partial charge on any atom is 0.330 e. The number of nitrogens with zero attached hydrogens (tertiary/aromatic N) is 1. The van der Waals surface area contributed by atoms with E-state index in [9.17, 15) is 14.4 Å². The van der Waals surface area contributed by atoms with Gasteiger partial charge in [0.25, 0.3) is 5.56 Å². The predicted octanol–water partition coefficient (Wildman–Crippen LogP) is 1.80. The van der Waals surface area contributed by atoms with Gasteiger partial charge in [-0.3, -0.25) is 19.1 Å². The number of nitrogens with one attached hydrogen (secondary N) is 1. The normalized spacial score (nSPS) is 19.8. The molecule has 0 saturated carbocycles. The fraction of sp³-hybridized carbons (Fsp3) is 0.667. The predicted molar refractivity (Wildman–Crippen MR) is 89.6 cm³/mol. The van der Waals surface area contributed by atoms with Crippen LogP contribution in [0.15, 0.2) is 15.8 Å². The Morgan fingerprint density at radius 2 is 2.17 bits per heavy atom. The van der Waals surface area contributed by atoms with Gasteiger partial charge in [-0.2, -0.15) is 0 Å². The molecule has 1 aliphatic rings. The van der Waals surface area contributed by atoms with Crippen LogP contribution in [0.2, 0.25) is 0 Å². The molecule has 1 aromatic rings. The maximum absolute atomic E-state index is 11.8. The van der Waals surface area contributed by atoms with Crippen LogP contribution in [0.3, 0.4) is 0 Å². The number of esters is 1. The van der Waals surface area contributed by atoms with Gasteiger partial charge in [0.2, 0.25) is 0 Å². The number of carbonyl (C=O) groups excluding carboxylic acids is 1. The monoisotopic (exact) mass is 344 g/mol. The fourth-order valence-electron chi connectivity index (χ4n) is 1.91. The quantitative estimate of drug-likeness (QED) is 0.819. The number of ether oxygens (including phenoxy) is 2. The van der Waals surface area contributed by atoms with E-state index < -0.39 is 17.5 Å². The minimum absolute atomic E-state index is 0.164. The fourth-order valence-corrected chi connectivity index (χ4v) is 2.90. The van der Waals surface area contributed by atoms with E-state index in [1.807, 2.05) is 20.8 Å². The first kappa shape index (κ1) is 19.5. The summed E-state index contributed by atoms with van der Waals surface area (Å²) in [7, 11) is 0. The van der Waals surface area contributed by atoms with E-state index in [0.717, 1.165) is 6.42 Å². The molecule has 23 heavy (non-hydrogen) atoms. The van der Waals surface area contributed by atoms with E-state index >= 15 is 0 Å². The van der Waals surface area contributed by atoms with Crippen molar-refractivity contribution in [3.05, 3.63) is 32.6 Å². The number of carbonyl (C=O) groups is 1. The SMILES string of the molecule is CC.CCCC(=O)OCC1OC(n2cc(C)c(=O)[nH]c2=O)CS1. The van der Waals surface area contributed by atoms with Crippen molar-refractivity contribution in [1.82, 2.24) is 9.55 Å². The van der Waals surface area contributed by atoms with Crippen molar-refractivity contribution >= 4 is 17.7 Å². The summed E-state index contributed by atoms with van der Waals surface area (Å²) >= 11 is 1.47. The molecule has 0 aliphatic carbocycles. The zero-order chi connectivity index (χ0) is 17.4. The molecular formula is C15H24N2O5S. The average molecular weight is 344 g/mol. The van der Waals surface area contributed by atoms with Gasteiger partial charge in [0.15, 0.2) is 0 Å². The first-order valence-corrected chi connectivity index (χ1v) is 8.81. The number of thioether (sulfide) groups is 1. The first-order valence-electron chi connectivity index (χ1n) is 7.76. The van der Waals surface area contributed by atoms with Crippen LogP contribution in [0.25, 0.3) is 0 Å². The lowest BCUT2D eigenvalue weighted by atomic mass is 10.3. The Labute approximate surface area is 139 Å². The lowest BCUT2D eigenvalue weighted by Crippen LogP contribution is -2.34. The lowest BCUT2D eigenvalue weighted by Gasteiger charge is -2.15. The Morgan fingerprint density at radius 3 is 2.83 bits per heavy atom. The van der Waals surface area contributed by atoms with Gasteiger partial charge in [-0.1, -0.05) is 20.8 Å². The van der Waals surface area contributed by atoms with Gasteiger partial charge >= 0.3 is 11.7 Å². The van der Waals surface area contributed by atoms with Gasteiger partial charge in [0.05, 0.1) is 0 Å². The summed E-state index contributed by atoms with van der Waals surface area (Å²) in [5, 5.41) is 0. The Kier molecular flexibility index (Phi) is 8.11. The number of rotatable bonds is 5. The van der Waals surface area contributed by atoms with Crippen LogP contribution in [-0.4, -0.2) is 33.3 Å². The molecule has 130 valence electrons. The van der Waals surface area contributed by atoms with Crippen LogP contribution in [0.1, 0.15) is 45.4 Å². The summed E-state index contributed by atoms with van der Waals surface area (Å²) < 4.78 is 12.1. The number of aromatic amines is 1. The second kappa shape index (κ2) is 9.57. The van der Waals surface area contributed by atoms with Crippen molar-refractivity contribution in [2.24, 2.45) is 0 Å². The van der Waals surface area contributed by atoms with E-state index in [-0.39, 0.29) is 18.0 Å². The summed E-state index contributed by atoms with van der Waals surface area (Å²) in [6, 6.07) is 0. The molecule has 8 heteroatoms. The van der Waals surface area contributed by atoms with E-state index in [1.165, 1.54) is 22.5 Å². The summed E-state index contributed by atoms with van der Waals surface area (Å²) in [4.78, 5) is 36.7. The Bertz CT molecular complexity index is 625. The van der Waals surface area contributed by atoms with Gasteiger partial charge in [-0.05, 0) is 13.3 Å². The maximum atomic E-state index is 11.8. The van der Waals surface area contributed by atoms with Crippen LogP contribution in [-0.2, 0) is 14.3 Å². The van der Waals surface area contributed by atoms with E-state index in [2.05, 4.69) is 4.98 Å². The molecule has 1 aromatic heterocycles. The molecule has 7 nitrogen and oxygen atoms in total. The summed E-state index contributed by atoms with van der Waals surface area (Å²) in [5.41, 5.74) is -0.747. The van der Waals surface area contributed by atoms with E-state index in [4.69, 9.17) is 9.47 Å². The minimum Gasteiger partial charge on any atom is -0.462 e. The molecule has 1 N–H and O–H groups in total. The van der Waals surface area contributed by atoms with Crippen molar-refractivity contribution in [3.63, 3.8) is 0 Å². The highest BCUT2D eigenvalue weighted by molar-refractivity contribution is 8.00. The standard InChI is InChI=1S/C13H18N2O5S.C2H6/c1-3-4-10(16)19-6-11-20-9(7-21-11)15-5-8(2)12(17)14-13(15)18;1-2/h5,9,11H,3-4,6-7H2,1-2H3,(H,14,17,18);1-2H3. The summed E-state index contributed by atoms with van der Waals surface area (Å²) in [6.07, 6.45) is 2.15. The van der Waals surface area contributed by atoms with E-state index in [1.54, 1.807) is 6.92 Å². The molecule has 2 unspecified atom stereocenters. The van der Waals surface area contributed by atoms with Crippen molar-refractivity contribution in [2.45, 2.75) is 52.2 Å². The second-order valence-corrected chi connectivity index (χ2v) is 5.96. The van der Waals surface area contributed by atoms with Crippen molar-refractivity contribution in [3.8, 4) is 0 Å². The van der Waals surface area contributed by atoms with Crippen LogP contribution in [0.5, 0.6) is 0 Å². The number of aryl methyl sites for hydroxylation is 1. The highest BCUT2D eigenvalue weighted by Crippen LogP contribution is 2.31. The Hall–Kier alpha value is -1.54. The highest BCUT2D eigenvalue weighted by Gasteiger charge is 2.29. The number of aromatic nitrogens is 2. The number of hydrogen-bond acceptors (Lipinski definition) is 6. The number of H-pyrrole nitrogens is 1. The third-order valence-corrected chi connectivity index (χ3v) is 4.12. The van der Waals surface area contributed by atoms with Gasteiger partial charge < -0.3 is 9.47 Å². The third-order valence-electron chi connectivity index (χ3n) is 3.02. The van der Waals surface area contributed by atoms with Crippen molar-refractivity contribution < 1.29 is 14.3 Å². The molecule has 1 fully saturated rings. The second-order valence-electron chi connectivity index (χ2n) is 4.77. The van der Waals surface area contributed by atoms with Crippen molar-refractivity contribution in [2.75, 3.05) is 12.4 Å². The molecule has 2 heterocycles. The Morgan fingerprint density at radius 1 is 1.48 bits per heavy atom. The first-order chi connectivity index (χ1) is 11.0. The minimum atomic E-state index is -0.500. The molecule has 2 rings (SSSR count). The zero-order valence-corrected chi connectivity index (χ0v) is 14.8. The largest absolute Gasteiger partial charge is 0.462 e. The van der Waals surface area contributed by atoms with Gasteiger partial charge in [0.1, 0.15) is 18.3 Å². The van der Waals surface area contributed by atoms with Crippen LogP contribution < -0.4 is 11.2 Å². The molecule has 0 bridgehead atoms. The van der Waals surface area contributed by atoms with E-state index in [0.29, 0.717) is 17.7 Å². The smallest absolute Gasteiger partial charge is 0.330 e. The molecule has 1 saturated heterocycles. The molecular weight excluding hydrogens is 320 g/mol. The van der Waals surface area contributed by atoms with Gasteiger partial charge in [-0.15, -0.1) is 11.8 Å². The highest BCUT2D eigenvalue weighted by atomic mass is 32.2. The van der Waals surface area contributed by atoms with Crippen LogP contribution in [0.4, 0.5) is 0 Å². The van der Waals surface area contributed by atoms with Gasteiger partial charge in [0, 0.05) is 23.9 Å². The Balaban J connectivity index is 0.00000127. The molecule has 2 atom stereocenters. The van der Waals surface area contributed by atoms with Crippen LogP contribution >= 0.6 is 11.8 Å². The molecule has 1 aliphatic heterocycles.